The summed E-state index contributed by atoms with van der Waals surface area (Å²) in [4.78, 5) is 18.6. The number of anilines is 1. The van der Waals surface area contributed by atoms with Crippen LogP contribution in [0.4, 0.5) is 5.69 Å². The normalized spacial score (nSPS) is 22.7. The Morgan fingerprint density at radius 1 is 1.19 bits per heavy atom. The van der Waals surface area contributed by atoms with Gasteiger partial charge in [-0.25, -0.2) is 0 Å². The predicted molar refractivity (Wildman–Crippen MR) is 106 cm³/mol. The van der Waals surface area contributed by atoms with Crippen LogP contribution in [0.5, 0.6) is 5.75 Å². The molecular weight excluding hydrogens is 368 g/mol. The summed E-state index contributed by atoms with van der Waals surface area (Å²) in [5, 5.41) is 0.515. The molecule has 0 unspecified atom stereocenters. The lowest BCUT2D eigenvalue weighted by atomic mass is 10.1. The molecule has 0 aliphatic carbocycles. The largest absolute Gasteiger partial charge is 0.495 e. The van der Waals surface area contributed by atoms with Crippen LogP contribution < -0.4 is 9.64 Å². The molecule has 26 heavy (non-hydrogen) atoms. The second-order valence-corrected chi connectivity index (χ2v) is 7.86. The van der Waals surface area contributed by atoms with Crippen molar-refractivity contribution in [1.82, 2.24) is 4.90 Å². The summed E-state index contributed by atoms with van der Waals surface area (Å²) in [5.41, 5.74) is 1.95. The molecule has 2 heterocycles. The Bertz CT molecular complexity index is 827. The van der Waals surface area contributed by atoms with E-state index in [0.29, 0.717) is 10.8 Å². The van der Waals surface area contributed by atoms with E-state index in [4.69, 9.17) is 16.3 Å². The fraction of sp³-hybridized carbons (Fsp3) is 0.350. The molecule has 2 saturated heterocycles. The van der Waals surface area contributed by atoms with Gasteiger partial charge in [0.05, 0.1) is 18.2 Å². The number of fused-ring (bicyclic) bond motifs is 1. The number of carbonyl (C=O) groups is 1. The van der Waals surface area contributed by atoms with E-state index in [1.165, 1.54) is 4.90 Å². The van der Waals surface area contributed by atoms with Crippen LogP contribution in [-0.4, -0.2) is 36.8 Å². The predicted octanol–water partition coefficient (Wildman–Crippen LogP) is 4.58. The molecule has 4 rings (SSSR count). The van der Waals surface area contributed by atoms with Crippen molar-refractivity contribution in [3.8, 4) is 5.75 Å². The van der Waals surface area contributed by atoms with Crippen molar-refractivity contribution in [2.45, 2.75) is 29.9 Å². The Labute approximate surface area is 163 Å². The summed E-state index contributed by atoms with van der Waals surface area (Å²) in [7, 11) is 1.59. The first-order valence-corrected chi connectivity index (χ1v) is 10.3. The molecule has 2 aromatic carbocycles. The van der Waals surface area contributed by atoms with Gasteiger partial charge in [0, 0.05) is 17.1 Å². The van der Waals surface area contributed by atoms with E-state index in [-0.39, 0.29) is 18.1 Å². The van der Waals surface area contributed by atoms with E-state index in [0.717, 1.165) is 30.6 Å². The monoisotopic (exact) mass is 388 g/mol. The molecule has 0 N–H and O–H groups in total. The highest BCUT2D eigenvalue weighted by atomic mass is 35.5. The van der Waals surface area contributed by atoms with E-state index < -0.39 is 0 Å². The van der Waals surface area contributed by atoms with Gasteiger partial charge in [-0.1, -0.05) is 23.7 Å². The number of halogens is 1. The molecule has 0 radical (unpaired) electrons. The maximum Gasteiger partial charge on any atom is 0.246 e. The first kappa shape index (κ1) is 17.7. The molecule has 136 valence electrons. The Hall–Kier alpha value is -1.69. The highest BCUT2D eigenvalue weighted by molar-refractivity contribution is 7.98. The number of nitrogens with zero attached hydrogens (tertiary/aromatic N) is 2. The zero-order chi connectivity index (χ0) is 18.3. The van der Waals surface area contributed by atoms with Gasteiger partial charge >= 0.3 is 0 Å². The van der Waals surface area contributed by atoms with Crippen LogP contribution in [-0.2, 0) is 4.79 Å². The van der Waals surface area contributed by atoms with Crippen molar-refractivity contribution in [3.05, 3.63) is 53.1 Å². The molecule has 0 saturated carbocycles. The molecule has 0 spiro atoms. The summed E-state index contributed by atoms with van der Waals surface area (Å²) < 4.78 is 5.25. The fourth-order valence-corrected chi connectivity index (χ4v) is 4.63. The zero-order valence-corrected chi connectivity index (χ0v) is 16.4. The smallest absolute Gasteiger partial charge is 0.246 e. The molecule has 4 nitrogen and oxygen atoms in total. The third-order valence-electron chi connectivity index (χ3n) is 5.20. The van der Waals surface area contributed by atoms with Crippen molar-refractivity contribution >= 4 is 35.0 Å². The second kappa shape index (κ2) is 7.14. The average molecular weight is 389 g/mol. The Kier molecular flexibility index (Phi) is 4.86. The van der Waals surface area contributed by atoms with E-state index in [1.807, 2.05) is 23.1 Å². The lowest BCUT2D eigenvalue weighted by Gasteiger charge is -2.30. The summed E-state index contributed by atoms with van der Waals surface area (Å²) in [6.45, 7) is 0.936. The molecule has 0 aromatic heterocycles. The molecule has 6 heteroatoms. The summed E-state index contributed by atoms with van der Waals surface area (Å²) in [5.74, 6) is 0.770. The minimum absolute atomic E-state index is 0.0406. The van der Waals surface area contributed by atoms with Gasteiger partial charge in [0.1, 0.15) is 11.9 Å². The maximum absolute atomic E-state index is 13.2. The highest BCUT2D eigenvalue weighted by Gasteiger charge is 2.49. The minimum atomic E-state index is -0.0876. The average Bonchev–Trinajstić information content (AvgIpc) is 3.24. The van der Waals surface area contributed by atoms with Gasteiger partial charge in [-0.15, -0.1) is 11.8 Å². The number of benzene rings is 2. The standard InChI is InChI=1S/C20H21ClN2O2S/c1-25-18-10-7-14(12-16(18)21)23-19(13-5-8-15(26-2)9-6-13)22-11-3-4-17(22)20(23)24/h5-10,12,17,19H,3-4,11H2,1-2H3/t17-,19+/m0/s1. The molecular formula is C20H21ClN2O2S. The van der Waals surface area contributed by atoms with E-state index in [9.17, 15) is 4.79 Å². The Balaban J connectivity index is 1.77. The molecule has 2 atom stereocenters. The van der Waals surface area contributed by atoms with Gasteiger partial charge in [0.2, 0.25) is 5.91 Å². The first-order chi connectivity index (χ1) is 12.6. The van der Waals surface area contributed by atoms with Gasteiger partial charge in [0.25, 0.3) is 0 Å². The molecule has 2 aliphatic heterocycles. The molecule has 2 fully saturated rings. The van der Waals surface area contributed by atoms with Crippen LogP contribution in [0.1, 0.15) is 24.6 Å². The summed E-state index contributed by atoms with van der Waals surface area (Å²) in [6.07, 6.45) is 3.96. The number of methoxy groups -OCH3 is 1. The van der Waals surface area contributed by atoms with Crippen molar-refractivity contribution in [1.29, 1.82) is 0 Å². The third-order valence-corrected chi connectivity index (χ3v) is 6.24. The van der Waals surface area contributed by atoms with Crippen LogP contribution in [0.2, 0.25) is 5.02 Å². The van der Waals surface area contributed by atoms with Crippen molar-refractivity contribution in [2.24, 2.45) is 0 Å². The van der Waals surface area contributed by atoms with Crippen LogP contribution in [0.15, 0.2) is 47.4 Å². The second-order valence-electron chi connectivity index (χ2n) is 6.57. The summed E-state index contributed by atoms with van der Waals surface area (Å²) in [6, 6.07) is 14.0. The Morgan fingerprint density at radius 2 is 1.96 bits per heavy atom. The van der Waals surface area contributed by atoms with Gasteiger partial charge < -0.3 is 4.74 Å². The van der Waals surface area contributed by atoms with Crippen molar-refractivity contribution < 1.29 is 9.53 Å². The van der Waals surface area contributed by atoms with Crippen molar-refractivity contribution in [2.75, 3.05) is 24.8 Å². The molecule has 0 bridgehead atoms. The van der Waals surface area contributed by atoms with Gasteiger partial charge in [-0.2, -0.15) is 0 Å². The minimum Gasteiger partial charge on any atom is -0.495 e. The van der Waals surface area contributed by atoms with Crippen molar-refractivity contribution in [3.63, 3.8) is 0 Å². The van der Waals surface area contributed by atoms with Crippen LogP contribution in [0.3, 0.4) is 0 Å². The number of carbonyl (C=O) groups excluding carboxylic acids is 1. The van der Waals surface area contributed by atoms with Gasteiger partial charge in [-0.05, 0) is 55.0 Å². The van der Waals surface area contributed by atoms with Gasteiger partial charge in [-0.3, -0.25) is 14.6 Å². The quantitative estimate of drug-likeness (QED) is 0.718. The van der Waals surface area contributed by atoms with Crippen LogP contribution in [0, 0.1) is 0 Å². The van der Waals surface area contributed by atoms with E-state index in [1.54, 1.807) is 18.9 Å². The third kappa shape index (κ3) is 2.88. The number of ether oxygens (including phenoxy) is 1. The Morgan fingerprint density at radius 3 is 2.62 bits per heavy atom. The number of hydrogen-bond acceptors (Lipinski definition) is 4. The maximum atomic E-state index is 13.2. The summed E-state index contributed by atoms with van der Waals surface area (Å²) >= 11 is 8.05. The zero-order valence-electron chi connectivity index (χ0n) is 14.8. The molecule has 1 amide bonds. The number of amides is 1. The van der Waals surface area contributed by atoms with Gasteiger partial charge in [0.15, 0.2) is 0 Å². The number of hydrogen-bond donors (Lipinski definition) is 0. The van der Waals surface area contributed by atoms with Crippen LogP contribution in [0.25, 0.3) is 0 Å². The number of rotatable bonds is 4. The molecule has 2 aromatic rings. The lowest BCUT2D eigenvalue weighted by molar-refractivity contribution is -0.119. The van der Waals surface area contributed by atoms with Crippen LogP contribution >= 0.6 is 23.4 Å². The number of thioether (sulfide) groups is 1. The SMILES string of the molecule is COc1ccc(N2C(=O)[C@@H]3CCCN3[C@H]2c2ccc(SC)cc2)cc1Cl. The highest BCUT2D eigenvalue weighted by Crippen LogP contribution is 2.43. The lowest BCUT2D eigenvalue weighted by Crippen LogP contribution is -2.32. The van der Waals surface area contributed by atoms with E-state index in [2.05, 4.69) is 35.4 Å². The van der Waals surface area contributed by atoms with E-state index >= 15 is 0 Å². The molecule has 2 aliphatic rings. The topological polar surface area (TPSA) is 32.8 Å². The fourth-order valence-electron chi connectivity index (χ4n) is 3.97. The first-order valence-electron chi connectivity index (χ1n) is 8.70.